The highest BCUT2D eigenvalue weighted by Gasteiger charge is 2.36. The summed E-state index contributed by atoms with van der Waals surface area (Å²) in [4.78, 5) is 15.1. The van der Waals surface area contributed by atoms with Crippen molar-refractivity contribution in [1.29, 1.82) is 0 Å². The maximum absolute atomic E-state index is 10.9. The minimum absolute atomic E-state index is 0.0684. The van der Waals surface area contributed by atoms with Crippen LogP contribution in [-0.2, 0) is 4.74 Å². The van der Waals surface area contributed by atoms with E-state index in [-0.39, 0.29) is 11.2 Å². The highest BCUT2D eigenvalue weighted by atomic mass is 16.5. The van der Waals surface area contributed by atoms with Crippen LogP contribution in [0.25, 0.3) is 0 Å². The molecule has 1 saturated carbocycles. The second-order valence-corrected chi connectivity index (χ2v) is 4.73. The van der Waals surface area contributed by atoms with E-state index in [0.29, 0.717) is 18.1 Å². The molecule has 1 fully saturated rings. The monoisotopic (exact) mass is 250 g/mol. The van der Waals surface area contributed by atoms with E-state index in [4.69, 9.17) is 9.84 Å². The Kier molecular flexibility index (Phi) is 3.52. The van der Waals surface area contributed by atoms with Crippen LogP contribution in [0.5, 0.6) is 0 Å². The maximum Gasteiger partial charge on any atom is 0.337 e. The van der Waals surface area contributed by atoms with Gasteiger partial charge in [0.1, 0.15) is 5.82 Å². The predicted octanol–water partition coefficient (Wildman–Crippen LogP) is 2.07. The van der Waals surface area contributed by atoms with Gasteiger partial charge in [-0.15, -0.1) is 0 Å². The van der Waals surface area contributed by atoms with Gasteiger partial charge in [0.25, 0.3) is 0 Å². The lowest BCUT2D eigenvalue weighted by Gasteiger charge is -2.40. The summed E-state index contributed by atoms with van der Waals surface area (Å²) in [5, 5.41) is 12.1. The van der Waals surface area contributed by atoms with Crippen LogP contribution in [-0.4, -0.2) is 35.3 Å². The normalized spacial score (nSPS) is 17.0. The SMILES string of the molecule is COC1(CNc2ccc(C(=O)O)c(C)n2)CCC1. The summed E-state index contributed by atoms with van der Waals surface area (Å²) in [7, 11) is 1.73. The van der Waals surface area contributed by atoms with E-state index in [2.05, 4.69) is 10.3 Å². The molecule has 5 heteroatoms. The third kappa shape index (κ3) is 2.46. The molecule has 1 aliphatic rings. The molecule has 2 N–H and O–H groups in total. The molecule has 1 aromatic heterocycles. The molecular weight excluding hydrogens is 232 g/mol. The zero-order valence-electron chi connectivity index (χ0n) is 10.7. The molecule has 0 atom stereocenters. The molecule has 1 aromatic rings. The molecule has 2 rings (SSSR count). The zero-order valence-corrected chi connectivity index (χ0v) is 10.7. The van der Waals surface area contributed by atoms with Crippen LogP contribution in [0, 0.1) is 6.92 Å². The van der Waals surface area contributed by atoms with Gasteiger partial charge in [-0.05, 0) is 38.3 Å². The fourth-order valence-electron chi connectivity index (χ4n) is 2.16. The van der Waals surface area contributed by atoms with Gasteiger partial charge in [-0.2, -0.15) is 0 Å². The summed E-state index contributed by atoms with van der Waals surface area (Å²) < 4.78 is 5.50. The number of aromatic carboxylic acids is 1. The molecule has 0 unspecified atom stereocenters. The summed E-state index contributed by atoms with van der Waals surface area (Å²) in [6.45, 7) is 2.41. The van der Waals surface area contributed by atoms with Crippen LogP contribution in [0.4, 0.5) is 5.82 Å². The molecule has 0 aromatic carbocycles. The average Bonchev–Trinajstić information content (AvgIpc) is 2.27. The Bertz CT molecular complexity index is 450. The number of ether oxygens (including phenoxy) is 1. The Hall–Kier alpha value is -1.62. The number of hydrogen-bond donors (Lipinski definition) is 2. The van der Waals surface area contributed by atoms with Crippen molar-refractivity contribution in [3.63, 3.8) is 0 Å². The molecule has 0 bridgehead atoms. The molecule has 98 valence electrons. The summed E-state index contributed by atoms with van der Waals surface area (Å²) >= 11 is 0. The number of carbonyl (C=O) groups is 1. The van der Waals surface area contributed by atoms with E-state index in [1.165, 1.54) is 6.42 Å². The molecule has 5 nitrogen and oxygen atoms in total. The van der Waals surface area contributed by atoms with Crippen molar-refractivity contribution in [2.24, 2.45) is 0 Å². The first-order valence-corrected chi connectivity index (χ1v) is 6.06. The molecule has 0 amide bonds. The van der Waals surface area contributed by atoms with Crippen molar-refractivity contribution < 1.29 is 14.6 Å². The van der Waals surface area contributed by atoms with Crippen LogP contribution in [0.2, 0.25) is 0 Å². The number of pyridine rings is 1. The van der Waals surface area contributed by atoms with E-state index in [1.54, 1.807) is 26.2 Å². The standard InChI is InChI=1S/C13H18N2O3/c1-9-10(12(16)17)4-5-11(15-9)14-8-13(18-2)6-3-7-13/h4-5H,3,6-8H2,1-2H3,(H,14,15)(H,16,17). The van der Waals surface area contributed by atoms with Crippen LogP contribution < -0.4 is 5.32 Å². The molecule has 0 aliphatic heterocycles. The quantitative estimate of drug-likeness (QED) is 0.837. The number of aryl methyl sites for hydroxylation is 1. The number of hydrogen-bond acceptors (Lipinski definition) is 4. The van der Waals surface area contributed by atoms with Crippen molar-refractivity contribution in [3.05, 3.63) is 23.4 Å². The zero-order chi connectivity index (χ0) is 13.2. The van der Waals surface area contributed by atoms with Gasteiger partial charge in [-0.25, -0.2) is 9.78 Å². The number of nitrogens with zero attached hydrogens (tertiary/aromatic N) is 1. The van der Waals surface area contributed by atoms with Crippen molar-refractivity contribution in [2.45, 2.75) is 31.8 Å². The Morgan fingerprint density at radius 1 is 1.56 bits per heavy atom. The van der Waals surface area contributed by atoms with Gasteiger partial charge in [0.05, 0.1) is 16.9 Å². The van der Waals surface area contributed by atoms with E-state index < -0.39 is 5.97 Å². The largest absolute Gasteiger partial charge is 0.478 e. The Morgan fingerprint density at radius 2 is 2.28 bits per heavy atom. The van der Waals surface area contributed by atoms with E-state index in [0.717, 1.165) is 12.8 Å². The predicted molar refractivity (Wildman–Crippen MR) is 68.0 cm³/mol. The van der Waals surface area contributed by atoms with E-state index in [1.807, 2.05) is 0 Å². The van der Waals surface area contributed by atoms with Crippen LogP contribution in [0.3, 0.4) is 0 Å². The molecule has 0 saturated heterocycles. The summed E-state index contributed by atoms with van der Waals surface area (Å²) in [6, 6.07) is 3.27. The second-order valence-electron chi connectivity index (χ2n) is 4.73. The fraction of sp³-hybridized carbons (Fsp3) is 0.538. The molecule has 1 heterocycles. The number of aromatic nitrogens is 1. The van der Waals surface area contributed by atoms with Gasteiger partial charge in [0, 0.05) is 13.7 Å². The van der Waals surface area contributed by atoms with Gasteiger partial charge < -0.3 is 15.2 Å². The van der Waals surface area contributed by atoms with Gasteiger partial charge >= 0.3 is 5.97 Å². The van der Waals surface area contributed by atoms with Crippen molar-refractivity contribution >= 4 is 11.8 Å². The minimum atomic E-state index is -0.945. The minimum Gasteiger partial charge on any atom is -0.478 e. The lowest BCUT2D eigenvalue weighted by atomic mass is 9.80. The Labute approximate surface area is 106 Å². The second kappa shape index (κ2) is 4.94. The van der Waals surface area contributed by atoms with Gasteiger partial charge in [-0.1, -0.05) is 0 Å². The van der Waals surface area contributed by atoms with Crippen LogP contribution in [0.1, 0.15) is 35.3 Å². The van der Waals surface area contributed by atoms with Gasteiger partial charge in [0.2, 0.25) is 0 Å². The topological polar surface area (TPSA) is 71.5 Å². The molecule has 0 radical (unpaired) electrons. The van der Waals surface area contributed by atoms with Gasteiger partial charge in [-0.3, -0.25) is 0 Å². The lowest BCUT2D eigenvalue weighted by Crippen LogP contribution is -2.45. The number of methoxy groups -OCH3 is 1. The first-order valence-electron chi connectivity index (χ1n) is 6.06. The Balaban J connectivity index is 2.02. The van der Waals surface area contributed by atoms with E-state index >= 15 is 0 Å². The number of nitrogens with one attached hydrogen (secondary N) is 1. The maximum atomic E-state index is 10.9. The van der Waals surface area contributed by atoms with Crippen LogP contribution >= 0.6 is 0 Å². The van der Waals surface area contributed by atoms with Crippen molar-refractivity contribution in [2.75, 3.05) is 19.0 Å². The summed E-state index contributed by atoms with van der Waals surface area (Å²) in [5.74, 6) is -0.250. The fourth-order valence-corrected chi connectivity index (χ4v) is 2.16. The lowest BCUT2D eigenvalue weighted by molar-refractivity contribution is -0.0601. The van der Waals surface area contributed by atoms with Crippen molar-refractivity contribution in [3.8, 4) is 0 Å². The average molecular weight is 250 g/mol. The molecular formula is C13H18N2O3. The first-order chi connectivity index (χ1) is 8.56. The summed E-state index contributed by atoms with van der Waals surface area (Å²) in [5.41, 5.74) is 0.694. The number of rotatable bonds is 5. The number of carboxylic acid groups (broad SMARTS) is 1. The molecule has 1 aliphatic carbocycles. The molecule has 18 heavy (non-hydrogen) atoms. The Morgan fingerprint density at radius 3 is 2.72 bits per heavy atom. The van der Waals surface area contributed by atoms with Gasteiger partial charge in [0.15, 0.2) is 0 Å². The third-order valence-corrected chi connectivity index (χ3v) is 3.61. The van der Waals surface area contributed by atoms with Crippen LogP contribution in [0.15, 0.2) is 12.1 Å². The number of anilines is 1. The summed E-state index contributed by atoms with van der Waals surface area (Å²) in [6.07, 6.45) is 3.31. The van der Waals surface area contributed by atoms with E-state index in [9.17, 15) is 4.79 Å². The third-order valence-electron chi connectivity index (χ3n) is 3.61. The number of carboxylic acids is 1. The highest BCUT2D eigenvalue weighted by Crippen LogP contribution is 2.34. The molecule has 0 spiro atoms. The highest BCUT2D eigenvalue weighted by molar-refractivity contribution is 5.89. The first kappa shape index (κ1) is 12.8. The smallest absolute Gasteiger partial charge is 0.337 e. The van der Waals surface area contributed by atoms with Crippen molar-refractivity contribution in [1.82, 2.24) is 4.98 Å².